The second kappa shape index (κ2) is 7.52. The van der Waals surface area contributed by atoms with Crippen LogP contribution < -0.4 is 5.32 Å². The van der Waals surface area contributed by atoms with E-state index in [9.17, 15) is 15.2 Å². The summed E-state index contributed by atoms with van der Waals surface area (Å²) in [6.45, 7) is 8.34. The van der Waals surface area contributed by atoms with Gasteiger partial charge in [0, 0.05) is 24.2 Å². The van der Waals surface area contributed by atoms with Gasteiger partial charge in [0.15, 0.2) is 0 Å². The summed E-state index contributed by atoms with van der Waals surface area (Å²) in [5.41, 5.74) is 0.193. The van der Waals surface area contributed by atoms with Gasteiger partial charge in [-0.05, 0) is 32.6 Å². The third-order valence-electron chi connectivity index (χ3n) is 4.09. The Morgan fingerprint density at radius 3 is 2.52 bits per heavy atom. The first-order chi connectivity index (χ1) is 9.74. The van der Waals surface area contributed by atoms with Crippen LogP contribution in [-0.2, 0) is 6.42 Å². The molecule has 0 saturated carbocycles. The van der Waals surface area contributed by atoms with Crippen molar-refractivity contribution in [2.75, 3.05) is 6.54 Å². The fraction of sp³-hybridized carbons (Fsp3) is 0.625. The summed E-state index contributed by atoms with van der Waals surface area (Å²) in [5, 5.41) is 24.4. The number of rotatable bonds is 8. The standard InChI is InChI=1S/C16H26N2O3/c1-12(2)16(4,19)11-17-13(3)9-10-14-7-5-6-8-15(14)18(20)21/h5-8,12-13,17,19H,9-11H2,1-4H3. The molecule has 2 N–H and O–H groups in total. The van der Waals surface area contributed by atoms with Crippen LogP contribution in [0.3, 0.4) is 0 Å². The minimum absolute atomic E-state index is 0.174. The van der Waals surface area contributed by atoms with E-state index in [0.29, 0.717) is 13.0 Å². The lowest BCUT2D eigenvalue weighted by Crippen LogP contribution is -2.45. The SMILES string of the molecule is CC(CCc1ccccc1[N+](=O)[O-])NCC(C)(O)C(C)C. The summed E-state index contributed by atoms with van der Waals surface area (Å²) in [7, 11) is 0. The largest absolute Gasteiger partial charge is 0.389 e. The van der Waals surface area contributed by atoms with Crippen LogP contribution in [-0.4, -0.2) is 28.2 Å². The van der Waals surface area contributed by atoms with Gasteiger partial charge in [0.05, 0.1) is 10.5 Å². The highest BCUT2D eigenvalue weighted by Gasteiger charge is 2.25. The van der Waals surface area contributed by atoms with Crippen LogP contribution >= 0.6 is 0 Å². The van der Waals surface area contributed by atoms with Crippen LogP contribution in [0, 0.1) is 16.0 Å². The second-order valence-corrected chi connectivity index (χ2v) is 6.22. The zero-order chi connectivity index (χ0) is 16.0. The molecule has 0 radical (unpaired) electrons. The van der Waals surface area contributed by atoms with Crippen LogP contribution in [0.5, 0.6) is 0 Å². The fourth-order valence-corrected chi connectivity index (χ4v) is 1.96. The molecule has 0 aliphatic heterocycles. The van der Waals surface area contributed by atoms with Gasteiger partial charge in [-0.25, -0.2) is 0 Å². The van der Waals surface area contributed by atoms with E-state index < -0.39 is 5.60 Å². The normalized spacial score (nSPS) is 15.7. The molecule has 0 heterocycles. The van der Waals surface area contributed by atoms with Gasteiger partial charge in [-0.3, -0.25) is 10.1 Å². The topological polar surface area (TPSA) is 75.4 Å². The van der Waals surface area contributed by atoms with Crippen LogP contribution in [0.25, 0.3) is 0 Å². The predicted octanol–water partition coefficient (Wildman–Crippen LogP) is 2.91. The Balaban J connectivity index is 2.51. The maximum Gasteiger partial charge on any atom is 0.272 e. The van der Waals surface area contributed by atoms with Crippen molar-refractivity contribution < 1.29 is 10.0 Å². The van der Waals surface area contributed by atoms with E-state index in [1.165, 1.54) is 6.07 Å². The average molecular weight is 294 g/mol. The van der Waals surface area contributed by atoms with Crippen molar-refractivity contribution in [2.24, 2.45) is 5.92 Å². The van der Waals surface area contributed by atoms with E-state index in [1.807, 2.05) is 33.8 Å². The van der Waals surface area contributed by atoms with Crippen molar-refractivity contribution >= 4 is 5.69 Å². The van der Waals surface area contributed by atoms with Crippen molar-refractivity contribution in [1.29, 1.82) is 0 Å². The van der Waals surface area contributed by atoms with E-state index in [4.69, 9.17) is 0 Å². The average Bonchev–Trinajstić information content (AvgIpc) is 2.43. The van der Waals surface area contributed by atoms with Crippen molar-refractivity contribution in [3.8, 4) is 0 Å². The summed E-state index contributed by atoms with van der Waals surface area (Å²) in [6.07, 6.45) is 1.44. The van der Waals surface area contributed by atoms with Gasteiger partial charge in [0.25, 0.3) is 5.69 Å². The molecule has 2 unspecified atom stereocenters. The van der Waals surface area contributed by atoms with Crippen LogP contribution in [0.1, 0.15) is 39.7 Å². The molecule has 21 heavy (non-hydrogen) atoms. The number of para-hydroxylation sites is 1. The van der Waals surface area contributed by atoms with Crippen molar-refractivity contribution in [3.63, 3.8) is 0 Å². The lowest BCUT2D eigenvalue weighted by atomic mass is 9.92. The van der Waals surface area contributed by atoms with Gasteiger partial charge in [-0.1, -0.05) is 32.0 Å². The highest BCUT2D eigenvalue weighted by Crippen LogP contribution is 2.20. The number of nitrogens with one attached hydrogen (secondary N) is 1. The molecule has 1 aromatic rings. The first kappa shape index (κ1) is 17.6. The molecule has 0 aliphatic rings. The molecule has 5 heteroatoms. The van der Waals surface area contributed by atoms with Gasteiger partial charge in [-0.15, -0.1) is 0 Å². The van der Waals surface area contributed by atoms with Crippen molar-refractivity contribution in [1.82, 2.24) is 5.32 Å². The number of nitro groups is 1. The molecule has 118 valence electrons. The number of aryl methyl sites for hydroxylation is 1. The first-order valence-corrected chi connectivity index (χ1v) is 7.42. The molecule has 0 saturated heterocycles. The second-order valence-electron chi connectivity index (χ2n) is 6.22. The molecule has 0 bridgehead atoms. The molecule has 2 atom stereocenters. The molecule has 5 nitrogen and oxygen atoms in total. The highest BCUT2D eigenvalue weighted by atomic mass is 16.6. The van der Waals surface area contributed by atoms with E-state index in [2.05, 4.69) is 5.32 Å². The van der Waals surface area contributed by atoms with Gasteiger partial charge >= 0.3 is 0 Å². The lowest BCUT2D eigenvalue weighted by Gasteiger charge is -2.29. The van der Waals surface area contributed by atoms with E-state index >= 15 is 0 Å². The molecular weight excluding hydrogens is 268 g/mol. The Labute approximate surface area is 126 Å². The minimum Gasteiger partial charge on any atom is -0.389 e. The van der Waals surface area contributed by atoms with E-state index in [0.717, 1.165) is 12.0 Å². The Hall–Kier alpha value is -1.46. The molecule has 0 spiro atoms. The highest BCUT2D eigenvalue weighted by molar-refractivity contribution is 5.39. The minimum atomic E-state index is -0.743. The van der Waals surface area contributed by atoms with Gasteiger partial charge in [0.1, 0.15) is 0 Å². The third kappa shape index (κ3) is 5.44. The number of hydrogen-bond donors (Lipinski definition) is 2. The molecule has 0 aromatic heterocycles. The quantitative estimate of drug-likeness (QED) is 0.571. The predicted molar refractivity (Wildman–Crippen MR) is 84.3 cm³/mol. The lowest BCUT2D eigenvalue weighted by molar-refractivity contribution is -0.385. The summed E-state index contributed by atoms with van der Waals surface area (Å²) in [4.78, 5) is 10.6. The summed E-state index contributed by atoms with van der Waals surface area (Å²) < 4.78 is 0. The number of hydrogen-bond acceptors (Lipinski definition) is 4. The summed E-state index contributed by atoms with van der Waals surface area (Å²) in [5.74, 6) is 0.174. The number of nitro benzene ring substituents is 1. The van der Waals surface area contributed by atoms with E-state index in [1.54, 1.807) is 12.1 Å². The number of nitrogens with zero attached hydrogens (tertiary/aromatic N) is 1. The third-order valence-corrected chi connectivity index (χ3v) is 4.09. The fourth-order valence-electron chi connectivity index (χ4n) is 1.96. The smallest absolute Gasteiger partial charge is 0.272 e. The van der Waals surface area contributed by atoms with Gasteiger partial charge in [-0.2, -0.15) is 0 Å². The van der Waals surface area contributed by atoms with Crippen molar-refractivity contribution in [3.05, 3.63) is 39.9 Å². The van der Waals surface area contributed by atoms with Crippen LogP contribution in [0.4, 0.5) is 5.69 Å². The monoisotopic (exact) mass is 294 g/mol. The maximum absolute atomic E-state index is 11.0. The maximum atomic E-state index is 11.0. The van der Waals surface area contributed by atoms with Gasteiger partial charge < -0.3 is 10.4 Å². The van der Waals surface area contributed by atoms with Crippen LogP contribution in [0.2, 0.25) is 0 Å². The molecule has 1 rings (SSSR count). The molecule has 1 aromatic carbocycles. The van der Waals surface area contributed by atoms with E-state index in [-0.39, 0.29) is 22.6 Å². The Morgan fingerprint density at radius 2 is 1.95 bits per heavy atom. The Morgan fingerprint density at radius 1 is 1.33 bits per heavy atom. The zero-order valence-electron chi connectivity index (χ0n) is 13.3. The summed E-state index contributed by atoms with van der Waals surface area (Å²) in [6, 6.07) is 7.04. The van der Waals surface area contributed by atoms with Crippen molar-refractivity contribution in [2.45, 2.75) is 52.2 Å². The molecular formula is C16H26N2O3. The molecule has 0 aliphatic carbocycles. The Kier molecular flexibility index (Phi) is 6.30. The molecule has 0 fully saturated rings. The van der Waals surface area contributed by atoms with Gasteiger partial charge in [0.2, 0.25) is 0 Å². The Bertz CT molecular complexity index is 472. The zero-order valence-corrected chi connectivity index (χ0v) is 13.3. The number of aliphatic hydroxyl groups is 1. The first-order valence-electron chi connectivity index (χ1n) is 7.42. The van der Waals surface area contributed by atoms with Crippen LogP contribution in [0.15, 0.2) is 24.3 Å². The molecule has 0 amide bonds. The number of benzene rings is 1. The summed E-state index contributed by atoms with van der Waals surface area (Å²) >= 11 is 0.